The Kier molecular flexibility index (Phi) is 7.30. The average Bonchev–Trinajstić information content (AvgIpc) is 3.18. The van der Waals surface area contributed by atoms with Crippen molar-refractivity contribution in [3.63, 3.8) is 0 Å². The minimum Gasteiger partial charge on any atom is -0.350 e. The number of benzene rings is 2. The molecule has 3 aromatic rings. The summed E-state index contributed by atoms with van der Waals surface area (Å²) >= 11 is 3.57. The summed E-state index contributed by atoms with van der Waals surface area (Å²) < 4.78 is 6.29. The third-order valence-corrected chi connectivity index (χ3v) is 5.54. The van der Waals surface area contributed by atoms with Crippen LogP contribution in [0.15, 0.2) is 65.3 Å². The maximum atomic E-state index is 11.9. The van der Waals surface area contributed by atoms with Crippen LogP contribution in [0.25, 0.3) is 17.3 Å². The largest absolute Gasteiger partial charge is 0.350 e. The second-order valence-electron chi connectivity index (χ2n) is 7.34. The van der Waals surface area contributed by atoms with Crippen LogP contribution in [-0.2, 0) is 20.8 Å². The number of hydrogen-bond acceptors (Lipinski definition) is 4. The predicted molar refractivity (Wildman–Crippen MR) is 123 cm³/mol. The van der Waals surface area contributed by atoms with E-state index in [2.05, 4.69) is 26.4 Å². The number of ether oxygens (including phenoxy) is 1. The monoisotopic (exact) mass is 481 g/mol. The predicted octanol–water partition coefficient (Wildman–Crippen LogP) is 5.02. The van der Waals surface area contributed by atoms with E-state index in [1.165, 1.54) is 6.08 Å². The van der Waals surface area contributed by atoms with Gasteiger partial charge in [-0.05, 0) is 46.0 Å². The molecule has 1 amide bonds. The molecule has 1 unspecified atom stereocenters. The van der Waals surface area contributed by atoms with Crippen molar-refractivity contribution in [1.29, 1.82) is 0 Å². The zero-order chi connectivity index (χ0) is 21.5. The second kappa shape index (κ2) is 10.5. The lowest BCUT2D eigenvalue weighted by Gasteiger charge is -2.21. The molecule has 1 atom stereocenters. The van der Waals surface area contributed by atoms with Crippen molar-refractivity contribution in [2.24, 2.45) is 0 Å². The lowest BCUT2D eigenvalue weighted by atomic mass is 10.1. The van der Waals surface area contributed by atoms with Crippen molar-refractivity contribution in [3.8, 4) is 11.3 Å². The van der Waals surface area contributed by atoms with Crippen molar-refractivity contribution >= 4 is 27.9 Å². The molecule has 0 aliphatic carbocycles. The third-order valence-electron chi connectivity index (χ3n) is 4.96. The molecule has 6 nitrogen and oxygen atoms in total. The lowest BCUT2D eigenvalue weighted by Crippen LogP contribution is -2.32. The molecule has 1 aliphatic heterocycles. The number of halogens is 1. The van der Waals surface area contributed by atoms with Gasteiger partial charge in [-0.3, -0.25) is 4.79 Å². The van der Waals surface area contributed by atoms with E-state index in [0.29, 0.717) is 13.0 Å². The molecule has 1 aromatic heterocycles. The quantitative estimate of drug-likeness (QED) is 0.367. The zero-order valence-electron chi connectivity index (χ0n) is 17.0. The van der Waals surface area contributed by atoms with Crippen LogP contribution in [0.3, 0.4) is 0 Å². The molecule has 0 saturated carbocycles. The van der Waals surface area contributed by atoms with Crippen LogP contribution in [0.5, 0.6) is 0 Å². The van der Waals surface area contributed by atoms with Crippen LogP contribution in [0.1, 0.15) is 36.2 Å². The van der Waals surface area contributed by atoms with Gasteiger partial charge in [-0.15, -0.1) is 0 Å². The molecule has 0 spiro atoms. The Morgan fingerprint density at radius 2 is 2.00 bits per heavy atom. The van der Waals surface area contributed by atoms with Crippen LogP contribution < -0.4 is 5.48 Å². The van der Waals surface area contributed by atoms with Gasteiger partial charge in [0.15, 0.2) is 6.29 Å². The number of carbonyl (C=O) groups excluding carboxylic acids is 1. The minimum atomic E-state index is -0.352. The molecule has 2 N–H and O–H groups in total. The van der Waals surface area contributed by atoms with E-state index in [-0.39, 0.29) is 12.2 Å². The summed E-state index contributed by atoms with van der Waals surface area (Å²) in [6, 6.07) is 18.1. The van der Waals surface area contributed by atoms with E-state index in [9.17, 15) is 4.79 Å². The van der Waals surface area contributed by atoms with E-state index in [0.717, 1.165) is 52.1 Å². The number of rotatable bonds is 7. The Labute approximate surface area is 189 Å². The summed E-state index contributed by atoms with van der Waals surface area (Å²) in [7, 11) is 0. The van der Waals surface area contributed by atoms with Crippen LogP contribution in [-0.4, -0.2) is 28.8 Å². The lowest BCUT2D eigenvalue weighted by molar-refractivity contribution is -0.198. The highest BCUT2D eigenvalue weighted by atomic mass is 79.9. The standard InChI is InChI=1S/C24H24BrN3O3/c25-24-23(19-6-2-1-3-7-19)26-20(27-24)16-18-11-9-17(10-12-18)13-14-21(29)28-31-22-8-4-5-15-30-22/h1-3,6-7,9-14,22H,4-5,8,15-16H2,(H,26,27)(H,28,29)/b14-13+. The van der Waals surface area contributed by atoms with Crippen LogP contribution >= 0.6 is 15.9 Å². The summed E-state index contributed by atoms with van der Waals surface area (Å²) in [4.78, 5) is 25.2. The molecular weight excluding hydrogens is 458 g/mol. The molecule has 0 radical (unpaired) electrons. The van der Waals surface area contributed by atoms with Crippen LogP contribution in [0.2, 0.25) is 0 Å². The highest BCUT2D eigenvalue weighted by Gasteiger charge is 2.15. The molecule has 4 rings (SSSR count). The van der Waals surface area contributed by atoms with Crippen molar-refractivity contribution in [2.45, 2.75) is 32.0 Å². The van der Waals surface area contributed by atoms with Crippen molar-refractivity contribution < 1.29 is 14.4 Å². The van der Waals surface area contributed by atoms with Crippen molar-refractivity contribution in [3.05, 3.63) is 82.2 Å². The van der Waals surface area contributed by atoms with Gasteiger partial charge in [0.2, 0.25) is 0 Å². The van der Waals surface area contributed by atoms with Gasteiger partial charge < -0.3 is 9.72 Å². The highest BCUT2D eigenvalue weighted by Crippen LogP contribution is 2.26. The Hall–Kier alpha value is -2.74. The fourth-order valence-corrected chi connectivity index (χ4v) is 3.89. The fourth-order valence-electron chi connectivity index (χ4n) is 3.34. The minimum absolute atomic E-state index is 0.313. The number of aromatic nitrogens is 2. The zero-order valence-corrected chi connectivity index (χ0v) is 18.6. The molecule has 7 heteroatoms. The molecule has 1 saturated heterocycles. The van der Waals surface area contributed by atoms with E-state index in [1.54, 1.807) is 6.08 Å². The third kappa shape index (κ3) is 6.13. The Bertz CT molecular complexity index is 1030. The number of carbonyl (C=O) groups is 1. The average molecular weight is 482 g/mol. The number of nitrogens with one attached hydrogen (secondary N) is 2. The van der Waals surface area contributed by atoms with Gasteiger partial charge >= 0.3 is 0 Å². The van der Waals surface area contributed by atoms with Gasteiger partial charge in [0.1, 0.15) is 16.1 Å². The number of nitrogens with zero attached hydrogens (tertiary/aromatic N) is 1. The van der Waals surface area contributed by atoms with Gasteiger partial charge in [-0.2, -0.15) is 0 Å². The molecule has 31 heavy (non-hydrogen) atoms. The summed E-state index contributed by atoms with van der Waals surface area (Å²) in [5, 5.41) is 0. The summed E-state index contributed by atoms with van der Waals surface area (Å²) in [5.74, 6) is 0.572. The first kappa shape index (κ1) is 21.5. The van der Waals surface area contributed by atoms with Gasteiger partial charge in [0.05, 0.1) is 0 Å². The summed E-state index contributed by atoms with van der Waals surface area (Å²) in [6.45, 7) is 0.672. The Morgan fingerprint density at radius 1 is 1.19 bits per heavy atom. The van der Waals surface area contributed by atoms with Gasteiger partial charge in [0.25, 0.3) is 5.91 Å². The van der Waals surface area contributed by atoms with E-state index >= 15 is 0 Å². The first-order chi connectivity index (χ1) is 15.2. The van der Waals surface area contributed by atoms with Gasteiger partial charge in [-0.1, -0.05) is 54.6 Å². The Morgan fingerprint density at radius 3 is 2.74 bits per heavy atom. The van der Waals surface area contributed by atoms with E-state index in [4.69, 9.17) is 14.6 Å². The number of hydroxylamine groups is 1. The highest BCUT2D eigenvalue weighted by molar-refractivity contribution is 9.10. The summed E-state index contributed by atoms with van der Waals surface area (Å²) in [6.07, 6.45) is 6.42. The molecule has 2 aromatic carbocycles. The van der Waals surface area contributed by atoms with E-state index < -0.39 is 0 Å². The normalized spacial score (nSPS) is 16.5. The second-order valence-corrected chi connectivity index (χ2v) is 8.14. The fraction of sp³-hybridized carbons (Fsp3) is 0.250. The number of aromatic amines is 1. The maximum absolute atomic E-state index is 11.9. The molecule has 2 heterocycles. The van der Waals surface area contributed by atoms with Gasteiger partial charge in [0, 0.05) is 31.1 Å². The number of imidazole rings is 1. The first-order valence-corrected chi connectivity index (χ1v) is 11.1. The topological polar surface area (TPSA) is 76.2 Å². The van der Waals surface area contributed by atoms with Gasteiger partial charge in [-0.25, -0.2) is 15.3 Å². The molecule has 1 fully saturated rings. The molecular formula is C24H24BrN3O3. The van der Waals surface area contributed by atoms with Crippen molar-refractivity contribution in [2.75, 3.05) is 6.61 Å². The molecule has 1 aliphatic rings. The Balaban J connectivity index is 1.31. The number of amides is 1. The number of H-pyrrole nitrogens is 1. The molecule has 0 bridgehead atoms. The smallest absolute Gasteiger partial charge is 0.267 e. The first-order valence-electron chi connectivity index (χ1n) is 10.3. The number of hydrogen-bond donors (Lipinski definition) is 2. The molecule has 160 valence electrons. The summed E-state index contributed by atoms with van der Waals surface area (Å²) in [5.41, 5.74) is 6.44. The van der Waals surface area contributed by atoms with E-state index in [1.807, 2.05) is 54.6 Å². The van der Waals surface area contributed by atoms with Crippen LogP contribution in [0, 0.1) is 0 Å². The maximum Gasteiger partial charge on any atom is 0.267 e. The van der Waals surface area contributed by atoms with Crippen LogP contribution in [0.4, 0.5) is 0 Å². The van der Waals surface area contributed by atoms with Crippen molar-refractivity contribution in [1.82, 2.24) is 15.4 Å². The SMILES string of the molecule is O=C(/C=C/c1ccc(Cc2nc(-c3ccccc3)c(Br)[nH]2)cc1)NOC1CCCCO1.